The molecule has 12 nitrogen and oxygen atoms in total. The van der Waals surface area contributed by atoms with Crippen LogP contribution < -0.4 is 15.5 Å². The van der Waals surface area contributed by atoms with Crippen molar-refractivity contribution < 1.29 is 17.9 Å². The van der Waals surface area contributed by atoms with Crippen molar-refractivity contribution in [3.8, 4) is 0 Å². The van der Waals surface area contributed by atoms with Crippen LogP contribution in [-0.4, -0.2) is 46.9 Å². The number of carbonyl (C=O) groups excluding carboxylic acids is 1. The second-order valence-electron chi connectivity index (χ2n) is 8.30. The van der Waals surface area contributed by atoms with Crippen LogP contribution in [0, 0.1) is 0 Å². The zero-order chi connectivity index (χ0) is 25.0. The third kappa shape index (κ3) is 6.11. The molecule has 186 valence electrons. The van der Waals surface area contributed by atoms with Gasteiger partial charge in [-0.15, -0.1) is 5.10 Å². The van der Waals surface area contributed by atoms with Gasteiger partial charge in [0.05, 0.1) is 0 Å². The number of nitrogens with one attached hydrogen (secondary N) is 1. The Hall–Kier alpha value is -3.58. The number of carbonyl (C=O) groups is 1. The molecule has 1 aliphatic rings. The predicted molar refractivity (Wildman–Crippen MR) is 132 cm³/mol. The van der Waals surface area contributed by atoms with Crippen LogP contribution in [-0.2, 0) is 26.1 Å². The van der Waals surface area contributed by atoms with Crippen molar-refractivity contribution in [2.75, 3.05) is 17.4 Å². The lowest BCUT2D eigenvalue weighted by atomic mass is 10.1. The van der Waals surface area contributed by atoms with Crippen molar-refractivity contribution in [3.63, 3.8) is 0 Å². The van der Waals surface area contributed by atoms with Gasteiger partial charge >= 0.3 is 5.97 Å². The number of ether oxygens (including phenoxy) is 1. The summed E-state index contributed by atoms with van der Waals surface area (Å²) in [6.45, 7) is 2.11. The quantitative estimate of drug-likeness (QED) is 0.516. The molecule has 0 aliphatic carbocycles. The minimum absolute atomic E-state index is 0.0807. The van der Waals surface area contributed by atoms with E-state index < -0.39 is 16.0 Å². The second-order valence-corrected chi connectivity index (χ2v) is 9.87. The predicted octanol–water partition coefficient (Wildman–Crippen LogP) is 2.88. The fraction of sp³-hybridized carbons (Fsp3) is 0.409. The standard InChI is InChI=1S/C22H28N8O4S/c1-15(31)34-19-8-6-4-3-5-7-11-30-20(29(2)28-19)12-16-13-25-22(27-21(16)30)26-18-10-9-17(14-24-18)35(23,32)33/h9-10,12-14H,3-8,11H2,1-2H3,(H2,23,32,33)(H,24,25,26,27)/b28-19+. The molecular formula is C22H28N8O4S. The molecule has 3 aromatic heterocycles. The SMILES string of the molecule is CC(=O)O/C1=N/N(C)c2cc3cnc(Nc4ccc(S(N)(=O)=O)cn4)nc3n2CCCCCCC1. The summed E-state index contributed by atoms with van der Waals surface area (Å²) in [5.41, 5.74) is 0.715. The molecule has 3 N–H and O–H groups in total. The summed E-state index contributed by atoms with van der Waals surface area (Å²) >= 11 is 0. The van der Waals surface area contributed by atoms with Gasteiger partial charge in [0.25, 0.3) is 0 Å². The number of hydrogen-bond acceptors (Lipinski definition) is 10. The molecule has 0 radical (unpaired) electrons. The summed E-state index contributed by atoms with van der Waals surface area (Å²) in [7, 11) is -2.02. The maximum atomic E-state index is 11.5. The highest BCUT2D eigenvalue weighted by Crippen LogP contribution is 2.27. The molecule has 13 heteroatoms. The zero-order valence-corrected chi connectivity index (χ0v) is 20.5. The van der Waals surface area contributed by atoms with Gasteiger partial charge in [0.1, 0.15) is 22.2 Å². The molecule has 0 saturated carbocycles. The van der Waals surface area contributed by atoms with Crippen LogP contribution in [0.3, 0.4) is 0 Å². The van der Waals surface area contributed by atoms with Gasteiger partial charge in [0.2, 0.25) is 21.9 Å². The highest BCUT2D eigenvalue weighted by atomic mass is 32.2. The minimum Gasteiger partial charge on any atom is -0.410 e. The van der Waals surface area contributed by atoms with Gasteiger partial charge in [0, 0.05) is 44.7 Å². The van der Waals surface area contributed by atoms with E-state index in [0.29, 0.717) is 29.7 Å². The Morgan fingerprint density at radius 2 is 1.89 bits per heavy atom. The van der Waals surface area contributed by atoms with E-state index in [2.05, 4.69) is 29.9 Å². The molecule has 0 fully saturated rings. The third-order valence-electron chi connectivity index (χ3n) is 5.54. The molecule has 0 bridgehead atoms. The first-order valence-corrected chi connectivity index (χ1v) is 12.9. The molecule has 35 heavy (non-hydrogen) atoms. The lowest BCUT2D eigenvalue weighted by Crippen LogP contribution is -2.20. The van der Waals surface area contributed by atoms with E-state index in [0.717, 1.165) is 49.9 Å². The number of primary sulfonamides is 1. The van der Waals surface area contributed by atoms with E-state index in [4.69, 9.17) is 9.88 Å². The minimum atomic E-state index is -3.82. The lowest BCUT2D eigenvalue weighted by Gasteiger charge is -2.19. The first kappa shape index (κ1) is 24.5. The number of hydrazone groups is 1. The van der Waals surface area contributed by atoms with Crippen molar-refractivity contribution >= 4 is 50.5 Å². The molecule has 3 aromatic rings. The van der Waals surface area contributed by atoms with Crippen LogP contribution in [0.15, 0.2) is 40.6 Å². The topological polar surface area (TPSA) is 158 Å². The number of aromatic nitrogens is 4. The van der Waals surface area contributed by atoms with E-state index in [9.17, 15) is 13.2 Å². The number of pyridine rings is 1. The number of esters is 1. The monoisotopic (exact) mass is 500 g/mol. The molecular weight excluding hydrogens is 472 g/mol. The summed E-state index contributed by atoms with van der Waals surface area (Å²) in [6.07, 6.45) is 8.55. The van der Waals surface area contributed by atoms with Gasteiger partial charge in [0.15, 0.2) is 0 Å². The normalized spacial score (nSPS) is 17.0. The van der Waals surface area contributed by atoms with Crippen LogP contribution in [0.25, 0.3) is 11.0 Å². The molecule has 4 heterocycles. The fourth-order valence-corrected chi connectivity index (χ4v) is 4.35. The molecule has 1 aliphatic heterocycles. The lowest BCUT2D eigenvalue weighted by molar-refractivity contribution is -0.133. The largest absolute Gasteiger partial charge is 0.410 e. The summed E-state index contributed by atoms with van der Waals surface area (Å²) < 4.78 is 30.3. The van der Waals surface area contributed by atoms with Crippen molar-refractivity contribution in [1.29, 1.82) is 0 Å². The Labute approximate surface area is 203 Å². The van der Waals surface area contributed by atoms with E-state index in [1.807, 2.05) is 13.1 Å². The summed E-state index contributed by atoms with van der Waals surface area (Å²) in [4.78, 5) is 24.6. The molecule has 0 aromatic carbocycles. The Bertz CT molecular complexity index is 1350. The van der Waals surface area contributed by atoms with Gasteiger partial charge in [-0.2, -0.15) is 4.98 Å². The Balaban J connectivity index is 1.67. The number of hydrogen-bond donors (Lipinski definition) is 2. The molecule has 0 saturated heterocycles. The Morgan fingerprint density at radius 3 is 2.60 bits per heavy atom. The summed E-state index contributed by atoms with van der Waals surface area (Å²) in [5, 5.41) is 15.2. The maximum absolute atomic E-state index is 11.5. The number of fused-ring (bicyclic) bond motifs is 3. The van der Waals surface area contributed by atoms with Gasteiger partial charge in [-0.05, 0) is 31.0 Å². The van der Waals surface area contributed by atoms with Gasteiger partial charge in [-0.25, -0.2) is 28.5 Å². The second kappa shape index (κ2) is 10.4. The van der Waals surface area contributed by atoms with Crippen molar-refractivity contribution in [1.82, 2.24) is 19.5 Å². The van der Waals surface area contributed by atoms with Gasteiger partial charge in [-0.1, -0.05) is 19.3 Å². The highest BCUT2D eigenvalue weighted by molar-refractivity contribution is 7.89. The smallest absolute Gasteiger partial charge is 0.309 e. The number of rotatable bonds is 3. The number of sulfonamides is 1. The van der Waals surface area contributed by atoms with E-state index >= 15 is 0 Å². The van der Waals surface area contributed by atoms with E-state index in [1.54, 1.807) is 11.2 Å². The zero-order valence-electron chi connectivity index (χ0n) is 19.6. The van der Waals surface area contributed by atoms with Crippen LogP contribution in [0.4, 0.5) is 17.6 Å². The van der Waals surface area contributed by atoms with Crippen LogP contribution >= 0.6 is 0 Å². The Morgan fingerprint density at radius 1 is 1.11 bits per heavy atom. The number of anilines is 3. The van der Waals surface area contributed by atoms with Gasteiger partial charge < -0.3 is 14.6 Å². The molecule has 0 unspecified atom stereocenters. The number of aryl methyl sites for hydroxylation is 1. The fourth-order valence-electron chi connectivity index (χ4n) is 3.89. The maximum Gasteiger partial charge on any atom is 0.309 e. The van der Waals surface area contributed by atoms with E-state index in [1.165, 1.54) is 25.3 Å². The molecule has 4 rings (SSSR count). The first-order chi connectivity index (χ1) is 16.7. The third-order valence-corrected chi connectivity index (χ3v) is 6.44. The number of nitrogens with zero attached hydrogens (tertiary/aromatic N) is 6. The number of nitrogens with two attached hydrogens (primary N) is 1. The molecule has 0 atom stereocenters. The summed E-state index contributed by atoms with van der Waals surface area (Å²) in [6, 6.07) is 4.80. The van der Waals surface area contributed by atoms with Crippen molar-refractivity contribution in [2.24, 2.45) is 10.2 Å². The highest BCUT2D eigenvalue weighted by Gasteiger charge is 2.17. The summed E-state index contributed by atoms with van der Waals surface area (Å²) in [5.74, 6) is 1.49. The first-order valence-electron chi connectivity index (χ1n) is 11.3. The average molecular weight is 501 g/mol. The molecule has 0 spiro atoms. The van der Waals surface area contributed by atoms with Crippen LogP contribution in [0.2, 0.25) is 0 Å². The average Bonchev–Trinajstić information content (AvgIpc) is 3.15. The van der Waals surface area contributed by atoms with Crippen molar-refractivity contribution in [2.45, 2.75) is 56.9 Å². The molecule has 0 amide bonds. The van der Waals surface area contributed by atoms with Crippen molar-refractivity contribution in [3.05, 3.63) is 30.6 Å². The van der Waals surface area contributed by atoms with Crippen LogP contribution in [0.1, 0.15) is 45.4 Å². The van der Waals surface area contributed by atoms with Crippen LogP contribution in [0.5, 0.6) is 0 Å². The van der Waals surface area contributed by atoms with E-state index in [-0.39, 0.29) is 4.90 Å². The van der Waals surface area contributed by atoms with Gasteiger partial charge in [-0.3, -0.25) is 4.79 Å². The Kier molecular flexibility index (Phi) is 7.26.